The molecular weight excluding hydrogens is 274 g/mol. The molecule has 0 aliphatic rings. The van der Waals surface area contributed by atoms with E-state index in [1.165, 1.54) is 0 Å². The van der Waals surface area contributed by atoms with E-state index in [-0.39, 0.29) is 18.0 Å². The third-order valence-electron chi connectivity index (χ3n) is 3.18. The summed E-state index contributed by atoms with van der Waals surface area (Å²) in [7, 11) is 1.71. The zero-order chi connectivity index (χ0) is 15.1. The number of hydrogen-bond donors (Lipinski definition) is 1. The zero-order valence-electron chi connectivity index (χ0n) is 12.1. The Morgan fingerprint density at radius 3 is 2.70 bits per heavy atom. The van der Waals surface area contributed by atoms with E-state index in [1.807, 2.05) is 44.2 Å². The van der Waals surface area contributed by atoms with Gasteiger partial charge < -0.3 is 4.90 Å². The maximum absolute atomic E-state index is 12.1. The van der Waals surface area contributed by atoms with Gasteiger partial charge in [-0.25, -0.2) is 0 Å². The minimum Gasteiger partial charge on any atom is -0.343 e. The quantitative estimate of drug-likeness (QED) is 0.877. The molecule has 1 aromatic carbocycles. The van der Waals surface area contributed by atoms with Crippen molar-refractivity contribution < 1.29 is 4.79 Å². The van der Waals surface area contributed by atoms with E-state index in [0.29, 0.717) is 18.0 Å². The molecule has 0 aromatic heterocycles. The lowest BCUT2D eigenvalue weighted by Crippen LogP contribution is -2.44. The summed E-state index contributed by atoms with van der Waals surface area (Å²) in [4.78, 5) is 13.7. The van der Waals surface area contributed by atoms with Crippen molar-refractivity contribution in [3.63, 3.8) is 0 Å². The van der Waals surface area contributed by atoms with Crippen LogP contribution in [-0.2, 0) is 4.79 Å². The van der Waals surface area contributed by atoms with Gasteiger partial charge in [0, 0.05) is 24.7 Å². The van der Waals surface area contributed by atoms with Crippen LogP contribution in [0, 0.1) is 11.3 Å². The first-order valence-electron chi connectivity index (χ1n) is 6.59. The Balaban J connectivity index is 2.62. The van der Waals surface area contributed by atoms with Gasteiger partial charge >= 0.3 is 0 Å². The Hall–Kier alpha value is -1.57. The van der Waals surface area contributed by atoms with Crippen molar-refractivity contribution in [2.24, 2.45) is 0 Å². The Kier molecular flexibility index (Phi) is 6.50. The zero-order valence-corrected chi connectivity index (χ0v) is 12.8. The molecule has 0 aliphatic carbocycles. The van der Waals surface area contributed by atoms with Crippen molar-refractivity contribution in [3.05, 3.63) is 34.9 Å². The molecule has 5 heteroatoms. The van der Waals surface area contributed by atoms with E-state index in [0.717, 1.165) is 5.56 Å². The lowest BCUT2D eigenvalue weighted by molar-refractivity contribution is -0.131. The van der Waals surface area contributed by atoms with Gasteiger partial charge in [-0.3, -0.25) is 10.1 Å². The van der Waals surface area contributed by atoms with E-state index in [1.54, 1.807) is 11.9 Å². The molecule has 0 saturated heterocycles. The summed E-state index contributed by atoms with van der Waals surface area (Å²) in [5, 5.41) is 12.5. The summed E-state index contributed by atoms with van der Waals surface area (Å²) in [6.45, 7) is 4.24. The molecule has 0 saturated carbocycles. The SMILES string of the molecule is CC(NC(C)c1ccccc1Cl)C(=O)N(C)CCC#N. The van der Waals surface area contributed by atoms with Crippen LogP contribution in [0.25, 0.3) is 0 Å². The molecule has 0 bridgehead atoms. The second kappa shape index (κ2) is 7.88. The van der Waals surface area contributed by atoms with Crippen LogP contribution in [0.2, 0.25) is 5.02 Å². The predicted molar refractivity (Wildman–Crippen MR) is 80.3 cm³/mol. The van der Waals surface area contributed by atoms with Gasteiger partial charge in [-0.1, -0.05) is 29.8 Å². The molecule has 1 rings (SSSR count). The molecule has 20 heavy (non-hydrogen) atoms. The normalized spacial score (nSPS) is 13.3. The number of nitrogens with one attached hydrogen (secondary N) is 1. The van der Waals surface area contributed by atoms with Gasteiger partial charge in [-0.2, -0.15) is 5.26 Å². The maximum Gasteiger partial charge on any atom is 0.239 e. The molecule has 1 aromatic rings. The van der Waals surface area contributed by atoms with E-state index in [2.05, 4.69) is 5.32 Å². The highest BCUT2D eigenvalue weighted by Gasteiger charge is 2.20. The van der Waals surface area contributed by atoms with Crippen molar-refractivity contribution in [2.75, 3.05) is 13.6 Å². The Labute approximate surface area is 125 Å². The van der Waals surface area contributed by atoms with Crippen LogP contribution in [0.15, 0.2) is 24.3 Å². The summed E-state index contributed by atoms with van der Waals surface area (Å²) in [6.07, 6.45) is 0.342. The van der Waals surface area contributed by atoms with E-state index >= 15 is 0 Å². The first-order valence-corrected chi connectivity index (χ1v) is 6.97. The summed E-state index contributed by atoms with van der Waals surface area (Å²) in [5.41, 5.74) is 0.966. The Morgan fingerprint density at radius 1 is 1.45 bits per heavy atom. The molecule has 0 heterocycles. The molecule has 1 N–H and O–H groups in total. The number of nitriles is 1. The highest BCUT2D eigenvalue weighted by Crippen LogP contribution is 2.22. The fraction of sp³-hybridized carbons (Fsp3) is 0.467. The molecule has 2 atom stereocenters. The Bertz CT molecular complexity index is 498. The third kappa shape index (κ3) is 4.52. The number of nitrogens with zero attached hydrogens (tertiary/aromatic N) is 2. The fourth-order valence-corrected chi connectivity index (χ4v) is 2.32. The van der Waals surface area contributed by atoms with E-state index in [4.69, 9.17) is 16.9 Å². The molecule has 1 amide bonds. The number of hydrogen-bond acceptors (Lipinski definition) is 3. The summed E-state index contributed by atoms with van der Waals surface area (Å²) in [5.74, 6) is -0.0286. The number of amides is 1. The van der Waals surface area contributed by atoms with E-state index < -0.39 is 0 Å². The molecular formula is C15H20ClN3O. The van der Waals surface area contributed by atoms with Gasteiger partial charge in [0.15, 0.2) is 0 Å². The Morgan fingerprint density at radius 2 is 2.10 bits per heavy atom. The highest BCUT2D eigenvalue weighted by atomic mass is 35.5. The summed E-state index contributed by atoms with van der Waals surface area (Å²) >= 11 is 6.14. The average molecular weight is 294 g/mol. The first-order chi connectivity index (χ1) is 9.47. The lowest BCUT2D eigenvalue weighted by Gasteiger charge is -2.24. The topological polar surface area (TPSA) is 56.1 Å². The minimum atomic E-state index is -0.329. The minimum absolute atomic E-state index is 0.0213. The largest absolute Gasteiger partial charge is 0.343 e. The number of rotatable bonds is 6. The van der Waals surface area contributed by atoms with Crippen LogP contribution in [0.5, 0.6) is 0 Å². The van der Waals surface area contributed by atoms with Crippen LogP contribution >= 0.6 is 11.6 Å². The van der Waals surface area contributed by atoms with Gasteiger partial charge in [0.25, 0.3) is 0 Å². The standard InChI is InChI=1S/C15H20ClN3O/c1-11(13-7-4-5-8-14(13)16)18-12(2)15(20)19(3)10-6-9-17/h4-5,7-8,11-12,18H,6,10H2,1-3H3. The van der Waals surface area contributed by atoms with Crippen LogP contribution in [-0.4, -0.2) is 30.4 Å². The molecule has 2 unspecified atom stereocenters. The van der Waals surface area contributed by atoms with Gasteiger partial charge in [0.2, 0.25) is 5.91 Å². The molecule has 4 nitrogen and oxygen atoms in total. The lowest BCUT2D eigenvalue weighted by atomic mass is 10.1. The van der Waals surface area contributed by atoms with Gasteiger partial charge in [0.05, 0.1) is 18.5 Å². The van der Waals surface area contributed by atoms with Crippen LogP contribution in [0.3, 0.4) is 0 Å². The average Bonchev–Trinajstić information content (AvgIpc) is 2.44. The number of benzene rings is 1. The summed E-state index contributed by atoms with van der Waals surface area (Å²) < 4.78 is 0. The number of carbonyl (C=O) groups is 1. The van der Waals surface area contributed by atoms with Crippen molar-refractivity contribution in [1.29, 1.82) is 5.26 Å². The van der Waals surface area contributed by atoms with Gasteiger partial charge in [-0.15, -0.1) is 0 Å². The number of likely N-dealkylation sites (N-methyl/N-ethyl adjacent to an activating group) is 1. The second-order valence-corrected chi connectivity index (χ2v) is 5.21. The van der Waals surface area contributed by atoms with Crippen LogP contribution in [0.1, 0.15) is 31.9 Å². The highest BCUT2D eigenvalue weighted by molar-refractivity contribution is 6.31. The fourth-order valence-electron chi connectivity index (χ4n) is 2.02. The molecule has 0 spiro atoms. The smallest absolute Gasteiger partial charge is 0.239 e. The van der Waals surface area contributed by atoms with Crippen molar-refractivity contribution in [2.45, 2.75) is 32.4 Å². The number of halogens is 1. The monoisotopic (exact) mass is 293 g/mol. The second-order valence-electron chi connectivity index (χ2n) is 4.80. The molecule has 108 valence electrons. The van der Waals surface area contributed by atoms with Gasteiger partial charge in [-0.05, 0) is 25.5 Å². The van der Waals surface area contributed by atoms with Crippen molar-refractivity contribution >= 4 is 17.5 Å². The molecule has 0 radical (unpaired) electrons. The first kappa shape index (κ1) is 16.5. The molecule has 0 aliphatic heterocycles. The third-order valence-corrected chi connectivity index (χ3v) is 3.52. The summed E-state index contributed by atoms with van der Waals surface area (Å²) in [6, 6.07) is 9.26. The van der Waals surface area contributed by atoms with Crippen LogP contribution < -0.4 is 5.32 Å². The molecule has 0 fully saturated rings. The predicted octanol–water partition coefficient (Wildman–Crippen LogP) is 2.75. The van der Waals surface area contributed by atoms with Crippen molar-refractivity contribution in [3.8, 4) is 6.07 Å². The van der Waals surface area contributed by atoms with E-state index in [9.17, 15) is 4.79 Å². The number of carbonyl (C=O) groups excluding carboxylic acids is 1. The van der Waals surface area contributed by atoms with Crippen molar-refractivity contribution in [1.82, 2.24) is 10.2 Å². The van der Waals surface area contributed by atoms with Gasteiger partial charge in [0.1, 0.15) is 0 Å². The maximum atomic E-state index is 12.1. The van der Waals surface area contributed by atoms with Crippen LogP contribution in [0.4, 0.5) is 0 Å².